The van der Waals surface area contributed by atoms with E-state index in [0.717, 1.165) is 16.7 Å². The number of benzene rings is 3. The molecule has 3 aromatic rings. The molecule has 0 aromatic heterocycles. The van der Waals surface area contributed by atoms with E-state index in [-0.39, 0.29) is 18.0 Å². The molecule has 1 N–H and O–H groups in total. The summed E-state index contributed by atoms with van der Waals surface area (Å²) in [6.45, 7) is 7.32. The van der Waals surface area contributed by atoms with Crippen molar-refractivity contribution in [2.75, 3.05) is 0 Å². The highest BCUT2D eigenvalue weighted by Gasteiger charge is 2.14. The molecule has 2 nitrogen and oxygen atoms in total. The Kier molecular flexibility index (Phi) is 5.05. The molecule has 0 aliphatic carbocycles. The van der Waals surface area contributed by atoms with Gasteiger partial charge in [0.05, 0.1) is 0 Å². The van der Waals surface area contributed by atoms with Crippen LogP contribution in [-0.4, -0.2) is 5.54 Å². The third kappa shape index (κ3) is 4.37. The van der Waals surface area contributed by atoms with Gasteiger partial charge in [0.2, 0.25) is 0 Å². The maximum absolute atomic E-state index is 13.9. The average Bonchev–Trinajstić information content (AvgIpc) is 2.58. The van der Waals surface area contributed by atoms with E-state index in [4.69, 9.17) is 4.74 Å². The van der Waals surface area contributed by atoms with E-state index < -0.39 is 0 Å². The normalized spacial score (nSPS) is 11.7. The predicted molar refractivity (Wildman–Crippen MR) is 101 cm³/mol. The molecule has 0 aliphatic heterocycles. The van der Waals surface area contributed by atoms with Gasteiger partial charge in [-0.1, -0.05) is 48.5 Å². The van der Waals surface area contributed by atoms with Crippen molar-refractivity contribution < 1.29 is 9.13 Å². The van der Waals surface area contributed by atoms with Crippen molar-refractivity contribution in [1.82, 2.24) is 5.32 Å². The van der Waals surface area contributed by atoms with Crippen LogP contribution in [0.25, 0.3) is 10.8 Å². The topological polar surface area (TPSA) is 21.3 Å². The molecule has 0 saturated heterocycles. The monoisotopic (exact) mass is 337 g/mol. The van der Waals surface area contributed by atoms with E-state index in [1.54, 1.807) is 12.1 Å². The minimum atomic E-state index is -0.238. The highest BCUT2D eigenvalue weighted by molar-refractivity contribution is 5.87. The lowest BCUT2D eigenvalue weighted by Crippen LogP contribution is -2.35. The van der Waals surface area contributed by atoms with Crippen LogP contribution >= 0.6 is 0 Å². The van der Waals surface area contributed by atoms with Crippen molar-refractivity contribution in [2.45, 2.75) is 39.5 Å². The van der Waals surface area contributed by atoms with Crippen molar-refractivity contribution in [2.24, 2.45) is 0 Å². The first kappa shape index (κ1) is 17.4. The first-order valence-corrected chi connectivity index (χ1v) is 8.56. The summed E-state index contributed by atoms with van der Waals surface area (Å²) in [6.07, 6.45) is 0. The van der Waals surface area contributed by atoms with Crippen molar-refractivity contribution in [3.63, 3.8) is 0 Å². The summed E-state index contributed by atoms with van der Waals surface area (Å²) in [6, 6.07) is 19.0. The minimum absolute atomic E-state index is 0.000245. The first-order chi connectivity index (χ1) is 11.9. The lowest BCUT2D eigenvalue weighted by atomic mass is 10.0. The van der Waals surface area contributed by atoms with Crippen LogP contribution < -0.4 is 10.1 Å². The van der Waals surface area contributed by atoms with Crippen LogP contribution in [0.5, 0.6) is 5.75 Å². The number of halogens is 1. The average molecular weight is 337 g/mol. The number of ether oxygens (including phenoxy) is 1. The van der Waals surface area contributed by atoms with Crippen LogP contribution in [0.1, 0.15) is 31.9 Å². The van der Waals surface area contributed by atoms with E-state index in [1.165, 1.54) is 11.5 Å². The largest absolute Gasteiger partial charge is 0.488 e. The molecule has 25 heavy (non-hydrogen) atoms. The molecule has 0 fully saturated rings. The molecule has 3 aromatic carbocycles. The van der Waals surface area contributed by atoms with Crippen molar-refractivity contribution in [3.05, 3.63) is 77.6 Å². The summed E-state index contributed by atoms with van der Waals surface area (Å²) in [7, 11) is 0. The maximum Gasteiger partial charge on any atom is 0.129 e. The molecule has 3 heteroatoms. The van der Waals surface area contributed by atoms with E-state index in [9.17, 15) is 4.39 Å². The van der Waals surface area contributed by atoms with Gasteiger partial charge in [0, 0.05) is 23.2 Å². The molecular weight excluding hydrogens is 313 g/mol. The van der Waals surface area contributed by atoms with Gasteiger partial charge in [-0.2, -0.15) is 0 Å². The zero-order valence-electron chi connectivity index (χ0n) is 15.0. The quantitative estimate of drug-likeness (QED) is 0.669. The van der Waals surface area contributed by atoms with E-state index in [1.807, 2.05) is 30.3 Å². The molecule has 0 spiro atoms. The standard InChI is InChI=1S/C22H24FNO/c1-22(2,3)24-14-19-18-10-6-4-8-16(18)12-13-21(19)25-15-17-9-5-7-11-20(17)23/h4-13,24H,14-15H2,1-3H3. The first-order valence-electron chi connectivity index (χ1n) is 8.56. The number of hydrogen-bond donors (Lipinski definition) is 1. The van der Waals surface area contributed by atoms with Crippen LogP contribution in [0.15, 0.2) is 60.7 Å². The summed E-state index contributed by atoms with van der Waals surface area (Å²) >= 11 is 0. The molecule has 0 amide bonds. The summed E-state index contributed by atoms with van der Waals surface area (Å²) in [5.41, 5.74) is 1.66. The van der Waals surface area contributed by atoms with Gasteiger partial charge in [0.1, 0.15) is 18.2 Å². The molecule has 0 bridgehead atoms. The summed E-state index contributed by atoms with van der Waals surface area (Å²) < 4.78 is 19.9. The Morgan fingerprint density at radius 2 is 1.64 bits per heavy atom. The van der Waals surface area contributed by atoms with Crippen LogP contribution in [0.4, 0.5) is 4.39 Å². The summed E-state index contributed by atoms with van der Waals surface area (Å²) in [5.74, 6) is 0.552. The number of hydrogen-bond acceptors (Lipinski definition) is 2. The second kappa shape index (κ2) is 7.24. The number of nitrogens with one attached hydrogen (secondary N) is 1. The number of fused-ring (bicyclic) bond motifs is 1. The van der Waals surface area contributed by atoms with E-state index in [2.05, 4.69) is 38.2 Å². The highest BCUT2D eigenvalue weighted by Crippen LogP contribution is 2.29. The van der Waals surface area contributed by atoms with Gasteiger partial charge in [-0.05, 0) is 43.7 Å². The maximum atomic E-state index is 13.9. The zero-order chi connectivity index (χ0) is 17.9. The smallest absolute Gasteiger partial charge is 0.129 e. The van der Waals surface area contributed by atoms with Gasteiger partial charge >= 0.3 is 0 Å². The second-order valence-electron chi connectivity index (χ2n) is 7.25. The van der Waals surface area contributed by atoms with Gasteiger partial charge in [-0.25, -0.2) is 4.39 Å². The molecule has 0 heterocycles. The fourth-order valence-corrected chi connectivity index (χ4v) is 2.76. The molecule has 130 valence electrons. The molecule has 3 rings (SSSR count). The summed E-state index contributed by atoms with van der Waals surface area (Å²) in [4.78, 5) is 0. The lowest BCUT2D eigenvalue weighted by molar-refractivity contribution is 0.295. The minimum Gasteiger partial charge on any atom is -0.488 e. The van der Waals surface area contributed by atoms with Gasteiger partial charge in [0.25, 0.3) is 0 Å². The van der Waals surface area contributed by atoms with E-state index in [0.29, 0.717) is 12.1 Å². The van der Waals surface area contributed by atoms with Gasteiger partial charge < -0.3 is 10.1 Å². The van der Waals surface area contributed by atoms with Crippen LogP contribution in [-0.2, 0) is 13.2 Å². The Hall–Kier alpha value is -2.39. The molecule has 0 radical (unpaired) electrons. The zero-order valence-corrected chi connectivity index (χ0v) is 15.0. The molecule has 0 saturated carbocycles. The Morgan fingerprint density at radius 3 is 2.40 bits per heavy atom. The Bertz CT molecular complexity index is 867. The predicted octanol–water partition coefficient (Wildman–Crippen LogP) is 5.45. The molecule has 0 unspecified atom stereocenters. The number of rotatable bonds is 5. The van der Waals surface area contributed by atoms with Crippen molar-refractivity contribution in [3.8, 4) is 5.75 Å². The van der Waals surface area contributed by atoms with Crippen molar-refractivity contribution in [1.29, 1.82) is 0 Å². The van der Waals surface area contributed by atoms with Gasteiger partial charge in [-0.15, -0.1) is 0 Å². The SMILES string of the molecule is CC(C)(C)NCc1c(OCc2ccccc2F)ccc2ccccc12. The Morgan fingerprint density at radius 1 is 0.920 bits per heavy atom. The van der Waals surface area contributed by atoms with E-state index >= 15 is 0 Å². The van der Waals surface area contributed by atoms with Gasteiger partial charge in [-0.3, -0.25) is 0 Å². The van der Waals surface area contributed by atoms with Crippen LogP contribution in [0, 0.1) is 5.82 Å². The third-order valence-corrected chi connectivity index (χ3v) is 4.13. The van der Waals surface area contributed by atoms with Crippen LogP contribution in [0.2, 0.25) is 0 Å². The second-order valence-corrected chi connectivity index (χ2v) is 7.25. The third-order valence-electron chi connectivity index (χ3n) is 4.13. The Labute approximate surface area is 148 Å². The summed E-state index contributed by atoms with van der Waals surface area (Å²) in [5, 5.41) is 5.86. The highest BCUT2D eigenvalue weighted by atomic mass is 19.1. The molecular formula is C22H24FNO. The fourth-order valence-electron chi connectivity index (χ4n) is 2.76. The van der Waals surface area contributed by atoms with Crippen molar-refractivity contribution >= 4 is 10.8 Å². The fraction of sp³-hybridized carbons (Fsp3) is 0.273. The van der Waals surface area contributed by atoms with Crippen LogP contribution in [0.3, 0.4) is 0 Å². The van der Waals surface area contributed by atoms with Gasteiger partial charge in [0.15, 0.2) is 0 Å². The molecule has 0 aliphatic rings. The Balaban J connectivity index is 1.92. The molecule has 0 atom stereocenters. The lowest BCUT2D eigenvalue weighted by Gasteiger charge is -2.23.